The molecular formula is C20H12F6NaO3PS. The number of alkyl halides is 6. The van der Waals surface area contributed by atoms with E-state index in [2.05, 4.69) is 0 Å². The number of hydrogen-bond donors (Lipinski definition) is 0. The summed E-state index contributed by atoms with van der Waals surface area (Å²) in [6, 6.07) is 13.6. The van der Waals surface area contributed by atoms with Crippen LogP contribution in [0.3, 0.4) is 0 Å². The first kappa shape index (κ1) is 26.8. The van der Waals surface area contributed by atoms with Gasteiger partial charge in [0.2, 0.25) is 0 Å². The van der Waals surface area contributed by atoms with Gasteiger partial charge in [0.25, 0.3) is 0 Å². The third-order valence-electron chi connectivity index (χ3n) is 4.21. The van der Waals surface area contributed by atoms with Crippen LogP contribution in [0.2, 0.25) is 0 Å². The number of rotatable bonds is 4. The predicted molar refractivity (Wildman–Crippen MR) is 103 cm³/mol. The third-order valence-corrected chi connectivity index (χ3v) is 7.42. The van der Waals surface area contributed by atoms with Gasteiger partial charge in [-0.05, 0) is 54.2 Å². The van der Waals surface area contributed by atoms with Crippen LogP contribution in [0, 0.1) is 0 Å². The molecule has 0 fully saturated rings. The Morgan fingerprint density at radius 2 is 1.16 bits per heavy atom. The molecule has 3 aromatic rings. The third kappa shape index (κ3) is 6.34. The normalized spacial score (nSPS) is 13.3. The minimum Gasteiger partial charge on any atom is -0.744 e. The number of hydrogen-bond acceptors (Lipinski definition) is 3. The molecule has 32 heavy (non-hydrogen) atoms. The molecule has 0 saturated carbocycles. The van der Waals surface area contributed by atoms with Gasteiger partial charge in [0.05, 0.1) is 16.0 Å². The van der Waals surface area contributed by atoms with Gasteiger partial charge in [-0.15, -0.1) is 0 Å². The SMILES string of the molecule is O=S(=O)([O-])c1cccc(P(c2ccccc2)c2cc(C(F)(F)F)cc(C(F)(F)F)c2)c1.[Na+]. The Kier molecular flexibility index (Phi) is 8.24. The van der Waals surface area contributed by atoms with Crippen LogP contribution in [0.5, 0.6) is 0 Å². The molecule has 3 aromatic carbocycles. The average molecular weight is 500 g/mol. The van der Waals surface area contributed by atoms with E-state index >= 15 is 0 Å². The Morgan fingerprint density at radius 3 is 1.62 bits per heavy atom. The van der Waals surface area contributed by atoms with Gasteiger partial charge in [-0.25, -0.2) is 8.42 Å². The standard InChI is InChI=1S/C20H13F6O3PS.Na/c21-19(22,23)13-9-14(20(24,25)26)11-17(10-13)30(15-5-2-1-3-6-15)16-7-4-8-18(12-16)31(27,28)29;/h1-12H,(H,27,28,29);/q;+1/p-1. The molecular weight excluding hydrogens is 488 g/mol. The second kappa shape index (κ2) is 9.83. The Morgan fingerprint density at radius 1 is 0.656 bits per heavy atom. The van der Waals surface area contributed by atoms with Crippen molar-refractivity contribution >= 4 is 34.0 Å². The summed E-state index contributed by atoms with van der Waals surface area (Å²) < 4.78 is 114. The van der Waals surface area contributed by atoms with Gasteiger partial charge in [0, 0.05) is 0 Å². The second-order valence-electron chi connectivity index (χ2n) is 6.39. The van der Waals surface area contributed by atoms with Crippen molar-refractivity contribution in [1.82, 2.24) is 0 Å². The molecule has 3 rings (SSSR count). The zero-order valence-corrected chi connectivity index (χ0v) is 20.0. The van der Waals surface area contributed by atoms with Crippen molar-refractivity contribution < 1.29 is 68.9 Å². The largest absolute Gasteiger partial charge is 1.00 e. The molecule has 0 heterocycles. The van der Waals surface area contributed by atoms with E-state index in [4.69, 9.17) is 0 Å². The fourth-order valence-corrected chi connectivity index (χ4v) is 5.88. The summed E-state index contributed by atoms with van der Waals surface area (Å²) in [6.07, 6.45) is -10.1. The van der Waals surface area contributed by atoms with Crippen molar-refractivity contribution in [1.29, 1.82) is 0 Å². The average Bonchev–Trinajstić information content (AvgIpc) is 2.67. The summed E-state index contributed by atoms with van der Waals surface area (Å²) in [4.78, 5) is -0.628. The monoisotopic (exact) mass is 500 g/mol. The maximum Gasteiger partial charge on any atom is 1.00 e. The Bertz CT molecular complexity index is 1170. The first-order valence-corrected chi connectivity index (χ1v) is 11.2. The van der Waals surface area contributed by atoms with Crippen LogP contribution in [0.1, 0.15) is 11.1 Å². The van der Waals surface area contributed by atoms with E-state index in [1.807, 2.05) is 0 Å². The molecule has 0 aliphatic carbocycles. The van der Waals surface area contributed by atoms with E-state index in [1.165, 1.54) is 24.3 Å². The van der Waals surface area contributed by atoms with Crippen molar-refractivity contribution in [3.8, 4) is 0 Å². The molecule has 0 aliphatic heterocycles. The van der Waals surface area contributed by atoms with Crippen LogP contribution in [-0.2, 0) is 22.5 Å². The predicted octanol–water partition coefficient (Wildman–Crippen LogP) is 1.39. The minimum absolute atomic E-state index is 0. The Hall–Kier alpha value is -1.42. The van der Waals surface area contributed by atoms with E-state index in [1.54, 1.807) is 18.2 Å². The summed E-state index contributed by atoms with van der Waals surface area (Å²) in [5, 5.41) is 0.208. The summed E-state index contributed by atoms with van der Waals surface area (Å²) in [5.74, 6) is 0. The number of halogens is 6. The van der Waals surface area contributed by atoms with E-state index in [0.29, 0.717) is 17.4 Å². The fraction of sp³-hybridized carbons (Fsp3) is 0.100. The van der Waals surface area contributed by atoms with Gasteiger partial charge in [0.15, 0.2) is 0 Å². The van der Waals surface area contributed by atoms with E-state index < -0.39 is 46.4 Å². The van der Waals surface area contributed by atoms with Crippen LogP contribution >= 0.6 is 7.92 Å². The van der Waals surface area contributed by atoms with Crippen molar-refractivity contribution in [2.45, 2.75) is 17.2 Å². The molecule has 3 nitrogen and oxygen atoms in total. The van der Waals surface area contributed by atoms with E-state index in [9.17, 15) is 39.3 Å². The Balaban J connectivity index is 0.00000363. The molecule has 12 heteroatoms. The van der Waals surface area contributed by atoms with Gasteiger partial charge in [0.1, 0.15) is 10.1 Å². The van der Waals surface area contributed by atoms with Crippen molar-refractivity contribution in [2.75, 3.05) is 0 Å². The quantitative estimate of drug-likeness (QED) is 0.236. The van der Waals surface area contributed by atoms with E-state index in [0.717, 1.165) is 12.1 Å². The second-order valence-corrected chi connectivity index (χ2v) is 9.99. The Labute approximate surface area is 203 Å². The van der Waals surface area contributed by atoms with Crippen molar-refractivity contribution in [3.05, 3.63) is 83.9 Å². The van der Waals surface area contributed by atoms with Crippen molar-refractivity contribution in [3.63, 3.8) is 0 Å². The summed E-state index contributed by atoms with van der Waals surface area (Å²) in [7, 11) is -6.93. The molecule has 0 spiro atoms. The summed E-state index contributed by atoms with van der Waals surface area (Å²) in [6.45, 7) is 0. The van der Waals surface area contributed by atoms with Crippen LogP contribution in [0.25, 0.3) is 0 Å². The van der Waals surface area contributed by atoms with Crippen molar-refractivity contribution in [2.24, 2.45) is 0 Å². The molecule has 164 valence electrons. The van der Waals surface area contributed by atoms with E-state index in [-0.39, 0.29) is 46.2 Å². The van der Waals surface area contributed by atoms with Crippen LogP contribution in [0.15, 0.2) is 77.7 Å². The molecule has 0 saturated heterocycles. The van der Waals surface area contributed by atoms with Gasteiger partial charge >= 0.3 is 41.9 Å². The molecule has 1 atom stereocenters. The first-order valence-electron chi connectivity index (χ1n) is 8.47. The maximum absolute atomic E-state index is 13.3. The molecule has 0 bridgehead atoms. The molecule has 0 aromatic heterocycles. The molecule has 0 aliphatic rings. The van der Waals surface area contributed by atoms with Crippen LogP contribution in [-0.4, -0.2) is 13.0 Å². The van der Waals surface area contributed by atoms with Gasteiger partial charge in [-0.3, -0.25) is 0 Å². The number of benzene rings is 3. The molecule has 1 unspecified atom stereocenters. The zero-order chi connectivity index (χ0) is 23.0. The summed E-state index contributed by atoms with van der Waals surface area (Å²) in [5.41, 5.74) is -2.96. The van der Waals surface area contributed by atoms with Gasteiger partial charge in [-0.1, -0.05) is 42.5 Å². The van der Waals surface area contributed by atoms with Gasteiger partial charge < -0.3 is 4.55 Å². The van der Waals surface area contributed by atoms with Crippen LogP contribution in [0.4, 0.5) is 26.3 Å². The minimum atomic E-state index is -5.03. The first-order chi connectivity index (χ1) is 14.3. The molecule has 0 N–H and O–H groups in total. The maximum atomic E-state index is 13.3. The smallest absolute Gasteiger partial charge is 0.744 e. The van der Waals surface area contributed by atoms with Crippen LogP contribution < -0.4 is 45.5 Å². The van der Waals surface area contributed by atoms with Gasteiger partial charge in [-0.2, -0.15) is 26.3 Å². The molecule has 0 amide bonds. The zero-order valence-electron chi connectivity index (χ0n) is 16.3. The summed E-state index contributed by atoms with van der Waals surface area (Å²) >= 11 is 0. The fourth-order valence-electron chi connectivity index (χ4n) is 2.87. The molecule has 0 radical (unpaired) electrons. The topological polar surface area (TPSA) is 57.2 Å².